The van der Waals surface area contributed by atoms with Gasteiger partial charge in [-0.25, -0.2) is 0 Å². The molecular weight excluding hydrogens is 276 g/mol. The third-order valence-electron chi connectivity index (χ3n) is 3.33. The van der Waals surface area contributed by atoms with Crippen molar-refractivity contribution in [3.63, 3.8) is 0 Å². The molecule has 1 unspecified atom stereocenters. The van der Waals surface area contributed by atoms with Gasteiger partial charge >= 0.3 is 0 Å². The van der Waals surface area contributed by atoms with Crippen molar-refractivity contribution in [3.05, 3.63) is 75.1 Å². The van der Waals surface area contributed by atoms with Gasteiger partial charge in [0.25, 0.3) is 0 Å². The Morgan fingerprint density at radius 3 is 2.65 bits per heavy atom. The predicted molar refractivity (Wildman–Crippen MR) is 76.4 cm³/mol. The van der Waals surface area contributed by atoms with E-state index in [2.05, 4.69) is 15.3 Å². The van der Waals surface area contributed by atoms with E-state index in [9.17, 15) is 4.79 Å². The van der Waals surface area contributed by atoms with Crippen molar-refractivity contribution in [2.75, 3.05) is 5.32 Å². The number of anilines is 1. The highest BCUT2D eigenvalue weighted by Gasteiger charge is 2.48. The molecule has 1 amide bonds. The number of azide groups is 1. The molecule has 0 aromatic heterocycles. The number of hydrogen-bond acceptors (Lipinski definition) is 2. The van der Waals surface area contributed by atoms with Crippen molar-refractivity contribution in [1.82, 2.24) is 0 Å². The Bertz CT molecular complexity index is 740. The minimum Gasteiger partial charge on any atom is -0.325 e. The molecule has 1 heterocycles. The molecule has 1 N–H and O–H groups in total. The van der Waals surface area contributed by atoms with E-state index in [0.29, 0.717) is 21.8 Å². The number of halogens is 1. The fraction of sp³-hybridized carbons (Fsp3) is 0.0714. The number of carbonyl (C=O) groups excluding carboxylic acids is 1. The van der Waals surface area contributed by atoms with E-state index in [-0.39, 0.29) is 5.91 Å². The van der Waals surface area contributed by atoms with Gasteiger partial charge in [0.2, 0.25) is 5.91 Å². The lowest BCUT2D eigenvalue weighted by Crippen LogP contribution is -2.33. The summed E-state index contributed by atoms with van der Waals surface area (Å²) in [7, 11) is 0. The Kier molecular flexibility index (Phi) is 2.86. The van der Waals surface area contributed by atoms with Crippen LogP contribution in [-0.4, -0.2) is 5.91 Å². The summed E-state index contributed by atoms with van der Waals surface area (Å²) in [6.07, 6.45) is 0. The van der Waals surface area contributed by atoms with Crippen LogP contribution in [0.3, 0.4) is 0 Å². The topological polar surface area (TPSA) is 77.9 Å². The summed E-state index contributed by atoms with van der Waals surface area (Å²) < 4.78 is 0. The molecule has 0 saturated carbocycles. The first kappa shape index (κ1) is 12.5. The molecule has 0 spiro atoms. The minimum atomic E-state index is -1.41. The monoisotopic (exact) mass is 284 g/mol. The lowest BCUT2D eigenvalue weighted by atomic mass is 9.85. The maximum atomic E-state index is 12.4. The molecule has 5 nitrogen and oxygen atoms in total. The molecule has 0 aliphatic carbocycles. The van der Waals surface area contributed by atoms with E-state index in [1.807, 2.05) is 6.07 Å². The highest BCUT2D eigenvalue weighted by molar-refractivity contribution is 6.31. The molecule has 98 valence electrons. The Hall–Kier alpha value is -2.49. The van der Waals surface area contributed by atoms with Gasteiger partial charge in [0.05, 0.1) is 0 Å². The van der Waals surface area contributed by atoms with Crippen molar-refractivity contribution in [2.45, 2.75) is 5.54 Å². The lowest BCUT2D eigenvalue weighted by Gasteiger charge is -2.22. The number of nitrogens with zero attached hydrogens (tertiary/aromatic N) is 3. The molecule has 0 radical (unpaired) electrons. The zero-order valence-electron chi connectivity index (χ0n) is 10.2. The summed E-state index contributed by atoms with van der Waals surface area (Å²) in [6, 6.07) is 14.0. The van der Waals surface area contributed by atoms with Crippen LogP contribution in [0, 0.1) is 0 Å². The number of nitrogens with one attached hydrogen (secondary N) is 1. The summed E-state index contributed by atoms with van der Waals surface area (Å²) in [5.41, 5.74) is 9.29. The highest BCUT2D eigenvalue weighted by Crippen LogP contribution is 2.45. The fourth-order valence-corrected chi connectivity index (χ4v) is 2.62. The minimum absolute atomic E-state index is 0.376. The summed E-state index contributed by atoms with van der Waals surface area (Å²) in [6.45, 7) is 0. The molecule has 0 fully saturated rings. The standard InChI is InChI=1S/C14H9ClN4O/c15-10-6-7-12-11(8-10)14(18-19-16,13(20)17-12)9-4-2-1-3-5-9/h1-8H,(H,17,20). The van der Waals surface area contributed by atoms with Crippen LogP contribution in [0.25, 0.3) is 10.4 Å². The number of rotatable bonds is 2. The average Bonchev–Trinajstić information content (AvgIpc) is 2.74. The van der Waals surface area contributed by atoms with Crippen LogP contribution in [0.15, 0.2) is 53.6 Å². The van der Waals surface area contributed by atoms with E-state index in [1.165, 1.54) is 0 Å². The smallest absolute Gasteiger partial charge is 0.245 e. The van der Waals surface area contributed by atoms with Gasteiger partial charge in [-0.3, -0.25) is 4.79 Å². The van der Waals surface area contributed by atoms with E-state index >= 15 is 0 Å². The number of carbonyl (C=O) groups is 1. The van der Waals surface area contributed by atoms with Crippen LogP contribution in [0.5, 0.6) is 0 Å². The summed E-state index contributed by atoms with van der Waals surface area (Å²) >= 11 is 6.01. The molecule has 1 aliphatic rings. The second kappa shape index (κ2) is 4.56. The first-order valence-corrected chi connectivity index (χ1v) is 6.29. The van der Waals surface area contributed by atoms with Gasteiger partial charge < -0.3 is 5.32 Å². The molecule has 6 heteroatoms. The van der Waals surface area contributed by atoms with E-state index in [0.717, 1.165) is 0 Å². The Morgan fingerprint density at radius 2 is 1.95 bits per heavy atom. The summed E-state index contributed by atoms with van der Waals surface area (Å²) in [5.74, 6) is -0.376. The van der Waals surface area contributed by atoms with Gasteiger partial charge in [0.1, 0.15) is 0 Å². The van der Waals surface area contributed by atoms with Gasteiger partial charge in [-0.15, -0.1) is 0 Å². The molecule has 2 aromatic carbocycles. The van der Waals surface area contributed by atoms with Crippen LogP contribution in [0.1, 0.15) is 11.1 Å². The third-order valence-corrected chi connectivity index (χ3v) is 3.57. The first-order chi connectivity index (χ1) is 9.68. The van der Waals surface area contributed by atoms with Crippen molar-refractivity contribution in [1.29, 1.82) is 0 Å². The van der Waals surface area contributed by atoms with Gasteiger partial charge in [-0.2, -0.15) is 0 Å². The lowest BCUT2D eigenvalue weighted by molar-refractivity contribution is -0.119. The van der Waals surface area contributed by atoms with E-state index in [4.69, 9.17) is 17.1 Å². The maximum absolute atomic E-state index is 12.4. The van der Waals surface area contributed by atoms with Gasteiger partial charge in [0.15, 0.2) is 5.54 Å². The summed E-state index contributed by atoms with van der Waals surface area (Å²) in [4.78, 5) is 15.3. The van der Waals surface area contributed by atoms with E-state index < -0.39 is 5.54 Å². The second-order valence-corrected chi connectivity index (χ2v) is 4.85. The highest BCUT2D eigenvalue weighted by atomic mass is 35.5. The normalized spacial score (nSPS) is 19.9. The van der Waals surface area contributed by atoms with Gasteiger partial charge in [-0.05, 0) is 29.3 Å². The maximum Gasteiger partial charge on any atom is 0.245 e. The predicted octanol–water partition coefficient (Wildman–Crippen LogP) is 3.85. The van der Waals surface area contributed by atoms with Crippen LogP contribution in [-0.2, 0) is 10.3 Å². The Morgan fingerprint density at radius 1 is 1.20 bits per heavy atom. The molecule has 3 rings (SSSR count). The van der Waals surface area contributed by atoms with Crippen LogP contribution < -0.4 is 5.32 Å². The first-order valence-electron chi connectivity index (χ1n) is 5.92. The number of amides is 1. The number of hydrogen-bond donors (Lipinski definition) is 1. The molecule has 0 bridgehead atoms. The van der Waals surface area contributed by atoms with E-state index in [1.54, 1.807) is 42.5 Å². The fourth-order valence-electron chi connectivity index (χ4n) is 2.45. The molecule has 1 aliphatic heterocycles. The van der Waals surface area contributed by atoms with Crippen LogP contribution in [0.2, 0.25) is 5.02 Å². The van der Waals surface area contributed by atoms with Gasteiger partial charge in [0, 0.05) is 21.2 Å². The molecule has 1 atom stereocenters. The zero-order valence-corrected chi connectivity index (χ0v) is 11.0. The number of fused-ring (bicyclic) bond motifs is 1. The average molecular weight is 285 g/mol. The van der Waals surface area contributed by atoms with Crippen molar-refractivity contribution in [2.24, 2.45) is 5.11 Å². The third kappa shape index (κ3) is 1.65. The Balaban J connectivity index is 2.35. The number of benzene rings is 2. The molecule has 20 heavy (non-hydrogen) atoms. The Labute approximate surface area is 119 Å². The van der Waals surface area contributed by atoms with Crippen molar-refractivity contribution < 1.29 is 4.79 Å². The SMILES string of the molecule is [N-]=[N+]=NC1(c2ccccc2)C(=O)Nc2ccc(Cl)cc21. The van der Waals surface area contributed by atoms with Crippen LogP contribution >= 0.6 is 11.6 Å². The van der Waals surface area contributed by atoms with Crippen LogP contribution in [0.4, 0.5) is 5.69 Å². The largest absolute Gasteiger partial charge is 0.325 e. The molecule has 0 saturated heterocycles. The quantitative estimate of drug-likeness (QED) is 0.507. The van der Waals surface area contributed by atoms with Crippen molar-refractivity contribution >= 4 is 23.2 Å². The molecule has 2 aromatic rings. The zero-order chi connectivity index (χ0) is 14.2. The second-order valence-electron chi connectivity index (χ2n) is 4.41. The molecular formula is C14H9ClN4O. The van der Waals surface area contributed by atoms with Crippen molar-refractivity contribution in [3.8, 4) is 0 Å². The van der Waals surface area contributed by atoms with Gasteiger partial charge in [-0.1, -0.05) is 47.0 Å². The summed E-state index contributed by atoms with van der Waals surface area (Å²) in [5, 5.41) is 7.02.